The van der Waals surface area contributed by atoms with E-state index < -0.39 is 5.54 Å². The quantitative estimate of drug-likeness (QED) is 0.440. The highest BCUT2D eigenvalue weighted by Gasteiger charge is 2.45. The van der Waals surface area contributed by atoms with Gasteiger partial charge in [0.05, 0.1) is 41.7 Å². The fourth-order valence-corrected chi connectivity index (χ4v) is 6.55. The third kappa shape index (κ3) is 4.14. The van der Waals surface area contributed by atoms with E-state index in [0.29, 0.717) is 13.2 Å². The maximum Gasteiger partial charge on any atom is 0.154 e. The summed E-state index contributed by atoms with van der Waals surface area (Å²) in [4.78, 5) is 14.6. The fraction of sp³-hybridized carbons (Fsp3) is 0.387. The molecular formula is C31H35N7O. The highest BCUT2D eigenvalue weighted by molar-refractivity contribution is 5.71. The Morgan fingerprint density at radius 1 is 1.00 bits per heavy atom. The number of aryl methyl sites for hydroxylation is 1. The first-order valence-electron chi connectivity index (χ1n) is 14.0. The van der Waals surface area contributed by atoms with Crippen molar-refractivity contribution in [2.24, 2.45) is 5.92 Å². The molecule has 7 rings (SSSR count). The van der Waals surface area contributed by atoms with Crippen molar-refractivity contribution in [2.75, 3.05) is 57.4 Å². The summed E-state index contributed by atoms with van der Waals surface area (Å²) in [5.74, 6) is 0.200. The van der Waals surface area contributed by atoms with Crippen LogP contribution in [-0.2, 0) is 10.3 Å². The molecule has 39 heavy (non-hydrogen) atoms. The molecule has 0 saturated carbocycles. The molecule has 2 aliphatic heterocycles. The van der Waals surface area contributed by atoms with E-state index >= 15 is 0 Å². The van der Waals surface area contributed by atoms with Crippen molar-refractivity contribution < 1.29 is 4.74 Å². The van der Waals surface area contributed by atoms with Crippen LogP contribution in [0.4, 0.5) is 5.69 Å². The zero-order valence-electron chi connectivity index (χ0n) is 22.7. The zero-order valence-corrected chi connectivity index (χ0v) is 22.7. The monoisotopic (exact) mass is 521 g/mol. The predicted molar refractivity (Wildman–Crippen MR) is 154 cm³/mol. The van der Waals surface area contributed by atoms with Gasteiger partial charge in [-0.2, -0.15) is 5.10 Å². The number of ether oxygens (including phenoxy) is 1. The molecule has 4 aromatic rings. The maximum atomic E-state index is 5.75. The molecule has 0 amide bonds. The van der Waals surface area contributed by atoms with E-state index in [-0.39, 0.29) is 5.92 Å². The van der Waals surface area contributed by atoms with Crippen molar-refractivity contribution in [3.05, 3.63) is 76.8 Å². The number of morpholine rings is 1. The first-order valence-corrected chi connectivity index (χ1v) is 14.0. The molecule has 5 heterocycles. The number of nitrogens with zero attached hydrogens (tertiary/aromatic N) is 6. The predicted octanol–water partition coefficient (Wildman–Crippen LogP) is 1.95. The van der Waals surface area contributed by atoms with Gasteiger partial charge >= 0.3 is 0 Å². The average molecular weight is 522 g/mol. The molecule has 0 radical (unpaired) electrons. The van der Waals surface area contributed by atoms with Gasteiger partial charge in [0.15, 0.2) is 5.65 Å². The van der Waals surface area contributed by atoms with Gasteiger partial charge in [0.25, 0.3) is 0 Å². The Morgan fingerprint density at radius 3 is 2.59 bits per heavy atom. The van der Waals surface area contributed by atoms with Crippen LogP contribution in [0.5, 0.6) is 0 Å². The van der Waals surface area contributed by atoms with Gasteiger partial charge in [-0.15, -0.1) is 0 Å². The van der Waals surface area contributed by atoms with Crippen LogP contribution in [0.2, 0.25) is 0 Å². The third-order valence-corrected chi connectivity index (χ3v) is 8.63. The molecule has 8 heteroatoms. The SMILES string of the molecule is Cc1nn2c(C3(N4CCOCC4)C=c4ncccc4=CC3C)cnc2cc1-c1ccc(N2CCNCC2)cc1. The Balaban J connectivity index is 1.32. The maximum absolute atomic E-state index is 5.75. The van der Waals surface area contributed by atoms with Crippen molar-refractivity contribution in [1.82, 2.24) is 29.8 Å². The summed E-state index contributed by atoms with van der Waals surface area (Å²) in [7, 11) is 0. The minimum atomic E-state index is -0.420. The second-order valence-electron chi connectivity index (χ2n) is 10.8. The number of rotatable bonds is 4. The van der Waals surface area contributed by atoms with E-state index in [9.17, 15) is 0 Å². The molecule has 0 bridgehead atoms. The molecule has 2 saturated heterocycles. The number of hydrogen-bond donors (Lipinski definition) is 1. The van der Waals surface area contributed by atoms with E-state index in [1.807, 2.05) is 18.5 Å². The van der Waals surface area contributed by atoms with Crippen molar-refractivity contribution in [3.8, 4) is 11.1 Å². The van der Waals surface area contributed by atoms with Crippen LogP contribution in [0.3, 0.4) is 0 Å². The number of pyridine rings is 1. The number of hydrogen-bond acceptors (Lipinski definition) is 7. The van der Waals surface area contributed by atoms with E-state index in [2.05, 4.69) is 82.0 Å². The lowest BCUT2D eigenvalue weighted by molar-refractivity contribution is -0.0142. The number of benzene rings is 1. The van der Waals surface area contributed by atoms with Crippen LogP contribution in [0.25, 0.3) is 28.9 Å². The van der Waals surface area contributed by atoms with Gasteiger partial charge in [0, 0.05) is 62.6 Å². The smallest absolute Gasteiger partial charge is 0.154 e. The van der Waals surface area contributed by atoms with Gasteiger partial charge in [-0.05, 0) is 48.0 Å². The summed E-state index contributed by atoms with van der Waals surface area (Å²) in [5.41, 5.74) is 6.05. The van der Waals surface area contributed by atoms with Crippen molar-refractivity contribution >= 4 is 23.5 Å². The summed E-state index contributed by atoms with van der Waals surface area (Å²) in [6, 6.07) is 15.2. The van der Waals surface area contributed by atoms with Gasteiger partial charge in [0.1, 0.15) is 0 Å². The molecule has 2 unspecified atom stereocenters. The summed E-state index contributed by atoms with van der Waals surface area (Å²) < 4.78 is 7.80. The van der Waals surface area contributed by atoms with Gasteiger partial charge < -0.3 is 15.0 Å². The summed E-state index contributed by atoms with van der Waals surface area (Å²) in [6.07, 6.45) is 8.57. The van der Waals surface area contributed by atoms with Crippen LogP contribution < -0.4 is 20.8 Å². The molecule has 1 aromatic carbocycles. The minimum absolute atomic E-state index is 0.200. The van der Waals surface area contributed by atoms with Gasteiger partial charge in [0.2, 0.25) is 0 Å². The Labute approximate surface area is 228 Å². The second-order valence-corrected chi connectivity index (χ2v) is 10.8. The first kappa shape index (κ1) is 24.5. The van der Waals surface area contributed by atoms with E-state index in [0.717, 1.165) is 72.8 Å². The van der Waals surface area contributed by atoms with Crippen molar-refractivity contribution in [3.63, 3.8) is 0 Å². The molecule has 8 nitrogen and oxygen atoms in total. The van der Waals surface area contributed by atoms with E-state index in [1.54, 1.807) is 0 Å². The third-order valence-electron chi connectivity index (χ3n) is 8.63. The number of fused-ring (bicyclic) bond motifs is 2. The van der Waals surface area contributed by atoms with Crippen LogP contribution in [0.1, 0.15) is 18.3 Å². The molecule has 1 N–H and O–H groups in total. The Morgan fingerprint density at radius 2 is 1.79 bits per heavy atom. The summed E-state index contributed by atoms with van der Waals surface area (Å²) in [5, 5.41) is 10.8. The van der Waals surface area contributed by atoms with Crippen LogP contribution in [-0.4, -0.2) is 77.0 Å². The first-order chi connectivity index (χ1) is 19.1. The van der Waals surface area contributed by atoms with Crippen LogP contribution in [0, 0.1) is 12.8 Å². The normalized spacial score (nSPS) is 23.7. The average Bonchev–Trinajstić information content (AvgIpc) is 3.40. The second kappa shape index (κ2) is 9.86. The lowest BCUT2D eigenvalue weighted by Crippen LogP contribution is -2.57. The lowest BCUT2D eigenvalue weighted by atomic mass is 9.77. The zero-order chi connectivity index (χ0) is 26.4. The standard InChI is InChI=1S/C31H35N7O/c1-22-18-25-4-3-9-33-28(25)20-31(22,37-14-16-39-17-15-37)29-21-34-30-19-27(23(2)35-38(29)30)24-5-7-26(8-6-24)36-12-10-32-11-13-36/h3-9,18-22,32H,10-17H2,1-2H3. The highest BCUT2D eigenvalue weighted by atomic mass is 16.5. The molecule has 0 spiro atoms. The lowest BCUT2D eigenvalue weighted by Gasteiger charge is -2.47. The number of aromatic nitrogens is 4. The molecule has 1 aliphatic carbocycles. The number of piperazine rings is 1. The molecule has 2 atom stereocenters. The minimum Gasteiger partial charge on any atom is -0.379 e. The summed E-state index contributed by atoms with van der Waals surface area (Å²) >= 11 is 0. The van der Waals surface area contributed by atoms with E-state index in [4.69, 9.17) is 19.8 Å². The van der Waals surface area contributed by atoms with Crippen molar-refractivity contribution in [1.29, 1.82) is 0 Å². The fourth-order valence-electron chi connectivity index (χ4n) is 6.55. The van der Waals surface area contributed by atoms with Crippen LogP contribution >= 0.6 is 0 Å². The van der Waals surface area contributed by atoms with Gasteiger partial charge in [-0.25, -0.2) is 9.50 Å². The highest BCUT2D eigenvalue weighted by Crippen LogP contribution is 2.41. The van der Waals surface area contributed by atoms with Crippen molar-refractivity contribution in [2.45, 2.75) is 19.4 Å². The van der Waals surface area contributed by atoms with Gasteiger partial charge in [-0.3, -0.25) is 9.88 Å². The van der Waals surface area contributed by atoms with Crippen LogP contribution in [0.15, 0.2) is 54.9 Å². The molecule has 2 fully saturated rings. The Hall–Kier alpha value is -3.59. The molecular weight excluding hydrogens is 486 g/mol. The topological polar surface area (TPSA) is 70.8 Å². The number of nitrogens with one attached hydrogen (secondary N) is 1. The summed E-state index contributed by atoms with van der Waals surface area (Å²) in [6.45, 7) is 11.7. The molecule has 3 aliphatic rings. The molecule has 3 aromatic heterocycles. The number of anilines is 1. The Bertz CT molecular complexity index is 1620. The van der Waals surface area contributed by atoms with E-state index in [1.165, 1.54) is 10.9 Å². The number of imidazole rings is 1. The van der Waals surface area contributed by atoms with Gasteiger partial charge in [-0.1, -0.05) is 31.2 Å². The molecule has 200 valence electrons. The Kier molecular flexibility index (Phi) is 6.18. The largest absolute Gasteiger partial charge is 0.379 e.